The van der Waals surface area contributed by atoms with Gasteiger partial charge in [0.25, 0.3) is 0 Å². The maximum absolute atomic E-state index is 11.6. The van der Waals surface area contributed by atoms with Gasteiger partial charge in [-0.3, -0.25) is 10.1 Å². The molecule has 0 bridgehead atoms. The Bertz CT molecular complexity index is 632. The number of cyclic esters (lactones) is 1. The summed E-state index contributed by atoms with van der Waals surface area (Å²) in [7, 11) is 0. The molecule has 0 spiro atoms. The van der Waals surface area contributed by atoms with Crippen LogP contribution in [0, 0.1) is 0 Å². The molecule has 20 heavy (non-hydrogen) atoms. The quantitative estimate of drug-likeness (QED) is 0.870. The van der Waals surface area contributed by atoms with Crippen molar-refractivity contribution in [3.05, 3.63) is 35.6 Å². The molecule has 0 amide bonds. The highest BCUT2D eigenvalue weighted by Gasteiger charge is 2.29. The lowest BCUT2D eigenvalue weighted by molar-refractivity contribution is -0.139. The smallest absolute Gasteiger partial charge is 0.323 e. The normalized spacial score (nSPS) is 20.3. The summed E-state index contributed by atoms with van der Waals surface area (Å²) in [4.78, 5) is 11.6. The van der Waals surface area contributed by atoms with Gasteiger partial charge in [-0.05, 0) is 19.4 Å². The molecule has 1 fully saturated rings. The second kappa shape index (κ2) is 5.29. The number of ether oxygens (including phenoxy) is 1. The van der Waals surface area contributed by atoms with Gasteiger partial charge in [0.1, 0.15) is 17.4 Å². The number of esters is 1. The lowest BCUT2D eigenvalue weighted by atomic mass is 10.0. The first-order chi connectivity index (χ1) is 9.70. The lowest BCUT2D eigenvalue weighted by Crippen LogP contribution is -2.35. The molecule has 0 radical (unpaired) electrons. The van der Waals surface area contributed by atoms with Gasteiger partial charge < -0.3 is 9.15 Å². The highest BCUT2D eigenvalue weighted by molar-refractivity contribution is 5.82. The van der Waals surface area contributed by atoms with Gasteiger partial charge in [0.15, 0.2) is 0 Å². The fraction of sp³-hybridized carbons (Fsp3) is 0.438. The van der Waals surface area contributed by atoms with E-state index in [1.807, 2.05) is 25.1 Å². The zero-order chi connectivity index (χ0) is 14.1. The highest BCUT2D eigenvalue weighted by Crippen LogP contribution is 2.31. The van der Waals surface area contributed by atoms with E-state index >= 15 is 0 Å². The van der Waals surface area contributed by atoms with Gasteiger partial charge in [0.05, 0.1) is 12.6 Å². The molecular weight excluding hydrogens is 254 g/mol. The zero-order valence-corrected chi connectivity index (χ0v) is 11.8. The Labute approximate surface area is 118 Å². The van der Waals surface area contributed by atoms with E-state index in [2.05, 4.69) is 18.3 Å². The van der Waals surface area contributed by atoms with Crippen LogP contribution in [0.25, 0.3) is 11.0 Å². The Morgan fingerprint density at radius 3 is 2.90 bits per heavy atom. The standard InChI is InChI=1S/C16H19NO3/c1-3-11-12-6-4-5-7-14(12)20-15(11)10(2)17-13-8-9-19-16(13)18/h4-7,10,13,17H,3,8-9H2,1-2H3. The van der Waals surface area contributed by atoms with Gasteiger partial charge in [-0.2, -0.15) is 0 Å². The number of carbonyl (C=O) groups is 1. The lowest BCUT2D eigenvalue weighted by Gasteiger charge is -2.16. The summed E-state index contributed by atoms with van der Waals surface area (Å²) in [6.07, 6.45) is 1.64. The molecule has 4 heteroatoms. The van der Waals surface area contributed by atoms with E-state index in [1.165, 1.54) is 5.56 Å². The molecule has 0 saturated carbocycles. The number of hydrogen-bond acceptors (Lipinski definition) is 4. The number of fused-ring (bicyclic) bond motifs is 1. The fourth-order valence-corrected chi connectivity index (χ4v) is 2.86. The number of nitrogens with one attached hydrogen (secondary N) is 1. The van der Waals surface area contributed by atoms with Gasteiger partial charge in [-0.1, -0.05) is 25.1 Å². The molecule has 2 aromatic rings. The van der Waals surface area contributed by atoms with Gasteiger partial charge in [0.2, 0.25) is 0 Å². The molecule has 106 valence electrons. The van der Waals surface area contributed by atoms with Crippen LogP contribution in [0.2, 0.25) is 0 Å². The van der Waals surface area contributed by atoms with Crippen molar-refractivity contribution >= 4 is 16.9 Å². The molecule has 0 aliphatic carbocycles. The second-order valence-electron chi connectivity index (χ2n) is 5.19. The van der Waals surface area contributed by atoms with Gasteiger partial charge >= 0.3 is 5.97 Å². The van der Waals surface area contributed by atoms with E-state index in [4.69, 9.17) is 9.15 Å². The van der Waals surface area contributed by atoms with E-state index in [1.54, 1.807) is 0 Å². The maximum atomic E-state index is 11.6. The second-order valence-corrected chi connectivity index (χ2v) is 5.19. The SMILES string of the molecule is CCc1c(C(C)NC2CCOC2=O)oc2ccccc12. The zero-order valence-electron chi connectivity index (χ0n) is 11.8. The van der Waals surface area contributed by atoms with Gasteiger partial charge in [-0.25, -0.2) is 0 Å². The van der Waals surface area contributed by atoms with E-state index < -0.39 is 0 Å². The first kappa shape index (κ1) is 13.2. The summed E-state index contributed by atoms with van der Waals surface area (Å²) >= 11 is 0. The molecule has 2 unspecified atom stereocenters. The third-order valence-corrected chi connectivity index (χ3v) is 3.86. The number of hydrogen-bond donors (Lipinski definition) is 1. The monoisotopic (exact) mass is 273 g/mol. The van der Waals surface area contributed by atoms with E-state index in [0.717, 1.165) is 29.6 Å². The van der Waals surface area contributed by atoms with Crippen molar-refractivity contribution in [2.45, 2.75) is 38.8 Å². The number of furan rings is 1. The molecular formula is C16H19NO3. The Kier molecular flexibility index (Phi) is 3.49. The average Bonchev–Trinajstić information content (AvgIpc) is 3.02. The van der Waals surface area contributed by atoms with Crippen LogP contribution in [0.5, 0.6) is 0 Å². The maximum Gasteiger partial charge on any atom is 0.323 e. The van der Waals surface area contributed by atoms with Crippen LogP contribution in [-0.2, 0) is 16.0 Å². The average molecular weight is 273 g/mol. The molecule has 1 N–H and O–H groups in total. The first-order valence-electron chi connectivity index (χ1n) is 7.13. The number of rotatable bonds is 4. The van der Waals surface area contributed by atoms with Crippen LogP contribution in [0.1, 0.15) is 37.6 Å². The van der Waals surface area contributed by atoms with Crippen molar-refractivity contribution in [2.75, 3.05) is 6.61 Å². The van der Waals surface area contributed by atoms with Crippen LogP contribution in [0.3, 0.4) is 0 Å². The van der Waals surface area contributed by atoms with Crippen molar-refractivity contribution < 1.29 is 13.9 Å². The Morgan fingerprint density at radius 1 is 1.40 bits per heavy atom. The van der Waals surface area contributed by atoms with Crippen LogP contribution >= 0.6 is 0 Å². The Morgan fingerprint density at radius 2 is 2.20 bits per heavy atom. The minimum atomic E-state index is -0.220. The highest BCUT2D eigenvalue weighted by atomic mass is 16.5. The van der Waals surface area contributed by atoms with Crippen molar-refractivity contribution in [3.8, 4) is 0 Å². The number of carbonyl (C=O) groups excluding carboxylic acids is 1. The predicted octanol–water partition coefficient (Wildman–Crippen LogP) is 2.96. The van der Waals surface area contributed by atoms with Crippen LogP contribution in [-0.4, -0.2) is 18.6 Å². The molecule has 1 aromatic heterocycles. The molecule has 3 rings (SSSR count). The fourth-order valence-electron chi connectivity index (χ4n) is 2.86. The summed E-state index contributed by atoms with van der Waals surface area (Å²) < 4.78 is 11.0. The van der Waals surface area contributed by atoms with Crippen LogP contribution in [0.4, 0.5) is 0 Å². The summed E-state index contributed by atoms with van der Waals surface area (Å²) in [5, 5.41) is 4.47. The molecule has 1 aromatic carbocycles. The topological polar surface area (TPSA) is 51.5 Å². The van der Waals surface area contributed by atoms with Crippen LogP contribution in [0.15, 0.2) is 28.7 Å². The third kappa shape index (κ3) is 2.20. The number of para-hydroxylation sites is 1. The van der Waals surface area contributed by atoms with Crippen molar-refractivity contribution in [1.29, 1.82) is 0 Å². The largest absolute Gasteiger partial charge is 0.464 e. The molecule has 2 heterocycles. The van der Waals surface area contributed by atoms with E-state index in [-0.39, 0.29) is 18.1 Å². The summed E-state index contributed by atoms with van der Waals surface area (Å²) in [5.41, 5.74) is 2.12. The van der Waals surface area contributed by atoms with Crippen molar-refractivity contribution in [2.24, 2.45) is 0 Å². The minimum Gasteiger partial charge on any atom is -0.464 e. The Hall–Kier alpha value is -1.81. The molecule has 4 nitrogen and oxygen atoms in total. The number of aryl methyl sites for hydroxylation is 1. The van der Waals surface area contributed by atoms with E-state index in [9.17, 15) is 4.79 Å². The Balaban J connectivity index is 1.90. The first-order valence-corrected chi connectivity index (χ1v) is 7.13. The number of benzene rings is 1. The van der Waals surface area contributed by atoms with Crippen molar-refractivity contribution in [3.63, 3.8) is 0 Å². The summed E-state index contributed by atoms with van der Waals surface area (Å²) in [5.74, 6) is 0.763. The van der Waals surface area contributed by atoms with Crippen molar-refractivity contribution in [1.82, 2.24) is 5.32 Å². The van der Waals surface area contributed by atoms with Crippen LogP contribution < -0.4 is 5.32 Å². The minimum absolute atomic E-state index is 0.00648. The summed E-state index contributed by atoms with van der Waals surface area (Å²) in [6.45, 7) is 4.66. The van der Waals surface area contributed by atoms with E-state index in [0.29, 0.717) is 6.61 Å². The van der Waals surface area contributed by atoms with Gasteiger partial charge in [-0.15, -0.1) is 0 Å². The third-order valence-electron chi connectivity index (χ3n) is 3.86. The molecule has 1 aliphatic heterocycles. The van der Waals surface area contributed by atoms with Gasteiger partial charge in [0, 0.05) is 17.4 Å². The summed E-state index contributed by atoms with van der Waals surface area (Å²) in [6, 6.07) is 7.83. The molecule has 2 atom stereocenters. The molecule has 1 saturated heterocycles. The predicted molar refractivity (Wildman–Crippen MR) is 76.5 cm³/mol. The molecule has 1 aliphatic rings.